The lowest BCUT2D eigenvalue weighted by Gasteiger charge is -2.15. The molecule has 1 aromatic carbocycles. The molecule has 80 valence electrons. The molecule has 6 heteroatoms. The molecular weight excluding hydrogens is 279 g/mol. The van der Waals surface area contributed by atoms with Gasteiger partial charge < -0.3 is 10.5 Å². The van der Waals surface area contributed by atoms with Gasteiger partial charge in [0.2, 0.25) is 0 Å². The fourth-order valence-electron chi connectivity index (χ4n) is 0.745. The van der Waals surface area contributed by atoms with Crippen LogP contribution in [0.4, 0.5) is 8.78 Å². The molecule has 0 amide bonds. The third kappa shape index (κ3) is 4.21. The van der Waals surface area contributed by atoms with E-state index >= 15 is 0 Å². The molecule has 0 unspecified atom stereocenters. The van der Waals surface area contributed by atoms with Gasteiger partial charge in [0.05, 0.1) is 6.54 Å². The Morgan fingerprint density at radius 2 is 2.07 bits per heavy atom. The van der Waals surface area contributed by atoms with Crippen LogP contribution >= 0.6 is 28.3 Å². The summed E-state index contributed by atoms with van der Waals surface area (Å²) in [5, 5.41) is 0. The van der Waals surface area contributed by atoms with Crippen molar-refractivity contribution in [3.05, 3.63) is 28.7 Å². The first-order valence-corrected chi connectivity index (χ1v) is 4.35. The molecule has 14 heavy (non-hydrogen) atoms. The number of nitrogens with two attached hydrogens (primary N) is 1. The van der Waals surface area contributed by atoms with Gasteiger partial charge in [0.1, 0.15) is 5.75 Å². The third-order valence-electron chi connectivity index (χ3n) is 1.30. The molecule has 0 heterocycles. The zero-order chi connectivity index (χ0) is 9.90. The molecule has 0 aromatic heterocycles. The van der Waals surface area contributed by atoms with Gasteiger partial charge in [0, 0.05) is 4.47 Å². The molecule has 2 N–H and O–H groups in total. The van der Waals surface area contributed by atoms with Crippen molar-refractivity contribution in [2.45, 2.75) is 6.11 Å². The fourth-order valence-corrected chi connectivity index (χ4v) is 1.12. The summed E-state index contributed by atoms with van der Waals surface area (Å²) in [7, 11) is 0. The van der Waals surface area contributed by atoms with E-state index in [1.165, 1.54) is 12.1 Å². The smallest absolute Gasteiger partial charge is 0.410 e. The zero-order valence-electron chi connectivity index (χ0n) is 7.04. The van der Waals surface area contributed by atoms with Gasteiger partial charge in [-0.3, -0.25) is 0 Å². The lowest BCUT2D eigenvalue weighted by molar-refractivity contribution is -0.166. The van der Waals surface area contributed by atoms with Crippen molar-refractivity contribution in [3.8, 4) is 5.75 Å². The number of hydrogen-bond acceptors (Lipinski definition) is 2. The monoisotopic (exact) mass is 287 g/mol. The van der Waals surface area contributed by atoms with Crippen molar-refractivity contribution in [3.63, 3.8) is 0 Å². The molecule has 0 saturated heterocycles. The highest BCUT2D eigenvalue weighted by atomic mass is 79.9. The van der Waals surface area contributed by atoms with Crippen LogP contribution in [0.15, 0.2) is 28.7 Å². The summed E-state index contributed by atoms with van der Waals surface area (Å²) in [6.07, 6.45) is -3.30. The Hall–Kier alpha value is -0.390. The van der Waals surface area contributed by atoms with E-state index in [1.807, 2.05) is 0 Å². The number of halogens is 4. The van der Waals surface area contributed by atoms with Crippen LogP contribution in [0.5, 0.6) is 5.75 Å². The minimum atomic E-state index is -3.30. The van der Waals surface area contributed by atoms with Crippen LogP contribution in [0.25, 0.3) is 0 Å². The predicted molar refractivity (Wildman–Crippen MR) is 56.0 cm³/mol. The lowest BCUT2D eigenvalue weighted by atomic mass is 10.3. The first kappa shape index (κ1) is 13.6. The van der Waals surface area contributed by atoms with Crippen molar-refractivity contribution in [1.29, 1.82) is 0 Å². The second kappa shape index (κ2) is 5.48. The summed E-state index contributed by atoms with van der Waals surface area (Å²) in [5.74, 6) is 0.0878. The Morgan fingerprint density at radius 3 is 2.57 bits per heavy atom. The summed E-state index contributed by atoms with van der Waals surface area (Å²) in [5.41, 5.74) is 4.81. The summed E-state index contributed by atoms with van der Waals surface area (Å²) < 4.78 is 30.2. The van der Waals surface area contributed by atoms with E-state index in [9.17, 15) is 8.78 Å². The van der Waals surface area contributed by atoms with E-state index in [4.69, 9.17) is 5.73 Å². The molecule has 0 radical (unpaired) electrons. The van der Waals surface area contributed by atoms with Crippen molar-refractivity contribution in [2.75, 3.05) is 6.54 Å². The third-order valence-corrected chi connectivity index (χ3v) is 1.79. The van der Waals surface area contributed by atoms with Gasteiger partial charge in [-0.05, 0) is 18.2 Å². The number of ether oxygens (including phenoxy) is 1. The molecular formula is C8H9BrClF2NO. The maximum atomic E-state index is 12.6. The molecule has 1 aromatic rings. The highest BCUT2D eigenvalue weighted by Crippen LogP contribution is 2.23. The maximum absolute atomic E-state index is 12.6. The average molecular weight is 289 g/mol. The number of benzene rings is 1. The Kier molecular flexibility index (Phi) is 5.33. The van der Waals surface area contributed by atoms with Gasteiger partial charge in [-0.25, -0.2) is 0 Å². The first-order valence-electron chi connectivity index (χ1n) is 3.56. The lowest BCUT2D eigenvalue weighted by Crippen LogP contribution is -2.34. The van der Waals surface area contributed by atoms with Gasteiger partial charge >= 0.3 is 6.11 Å². The first-order chi connectivity index (χ1) is 6.03. The Labute approximate surface area is 95.0 Å². The molecule has 2 nitrogen and oxygen atoms in total. The zero-order valence-corrected chi connectivity index (χ0v) is 9.45. The van der Waals surface area contributed by atoms with E-state index in [0.29, 0.717) is 4.47 Å². The number of hydrogen-bond donors (Lipinski definition) is 1. The minimum absolute atomic E-state index is 0. The van der Waals surface area contributed by atoms with Crippen LogP contribution < -0.4 is 10.5 Å². The minimum Gasteiger partial charge on any atom is -0.432 e. The highest BCUT2D eigenvalue weighted by Gasteiger charge is 2.29. The van der Waals surface area contributed by atoms with E-state index in [0.717, 1.165) is 0 Å². The molecule has 0 aliphatic heterocycles. The van der Waals surface area contributed by atoms with E-state index < -0.39 is 12.7 Å². The summed E-state index contributed by atoms with van der Waals surface area (Å²) >= 11 is 3.14. The molecule has 0 aliphatic rings. The van der Waals surface area contributed by atoms with Crippen LogP contribution in [0.3, 0.4) is 0 Å². The van der Waals surface area contributed by atoms with Gasteiger partial charge in [0.15, 0.2) is 0 Å². The quantitative estimate of drug-likeness (QED) is 0.928. The van der Waals surface area contributed by atoms with Crippen molar-refractivity contribution in [2.24, 2.45) is 5.73 Å². The molecule has 0 saturated carbocycles. The van der Waals surface area contributed by atoms with Crippen LogP contribution in [0.2, 0.25) is 0 Å². The molecule has 0 fully saturated rings. The summed E-state index contributed by atoms with van der Waals surface area (Å²) in [6, 6.07) is 6.21. The van der Waals surface area contributed by atoms with Gasteiger partial charge in [0.25, 0.3) is 0 Å². The molecule has 0 atom stereocenters. The standard InChI is InChI=1S/C8H8BrF2NO.ClH/c9-6-2-1-3-7(4-6)13-8(10,11)5-12;/h1-4H,5,12H2;1H. The predicted octanol–water partition coefficient (Wildman–Crippen LogP) is 2.80. The Balaban J connectivity index is 0.00000169. The molecule has 0 aliphatic carbocycles. The average Bonchev–Trinajstić information content (AvgIpc) is 2.03. The second-order valence-corrected chi connectivity index (χ2v) is 3.32. The largest absolute Gasteiger partial charge is 0.432 e. The van der Waals surface area contributed by atoms with Crippen molar-refractivity contribution in [1.82, 2.24) is 0 Å². The van der Waals surface area contributed by atoms with E-state index in [-0.39, 0.29) is 18.2 Å². The van der Waals surface area contributed by atoms with Crippen molar-refractivity contribution < 1.29 is 13.5 Å². The summed E-state index contributed by atoms with van der Waals surface area (Å²) in [4.78, 5) is 0. The Morgan fingerprint density at radius 1 is 1.43 bits per heavy atom. The van der Waals surface area contributed by atoms with Crippen LogP contribution in [0, 0.1) is 0 Å². The van der Waals surface area contributed by atoms with Crippen molar-refractivity contribution >= 4 is 28.3 Å². The fraction of sp³-hybridized carbons (Fsp3) is 0.250. The number of rotatable bonds is 3. The summed E-state index contributed by atoms with van der Waals surface area (Å²) in [6.45, 7) is -0.834. The normalized spacial score (nSPS) is 10.6. The topological polar surface area (TPSA) is 35.2 Å². The van der Waals surface area contributed by atoms with Crippen LogP contribution in [-0.4, -0.2) is 12.7 Å². The van der Waals surface area contributed by atoms with Gasteiger partial charge in [-0.1, -0.05) is 22.0 Å². The van der Waals surface area contributed by atoms with Crippen LogP contribution in [-0.2, 0) is 0 Å². The van der Waals surface area contributed by atoms with E-state index in [2.05, 4.69) is 20.7 Å². The molecule has 1 rings (SSSR count). The molecule has 0 bridgehead atoms. The van der Waals surface area contributed by atoms with Gasteiger partial charge in [-0.2, -0.15) is 8.78 Å². The van der Waals surface area contributed by atoms with E-state index in [1.54, 1.807) is 12.1 Å². The second-order valence-electron chi connectivity index (χ2n) is 2.40. The maximum Gasteiger partial charge on any atom is 0.410 e. The van der Waals surface area contributed by atoms with Gasteiger partial charge in [-0.15, -0.1) is 12.4 Å². The highest BCUT2D eigenvalue weighted by molar-refractivity contribution is 9.10. The SMILES string of the molecule is Cl.NCC(F)(F)Oc1cccc(Br)c1. The Bertz CT molecular complexity index is 298. The van der Waals surface area contributed by atoms with Crippen LogP contribution in [0.1, 0.15) is 0 Å². The number of alkyl halides is 2. The molecule has 0 spiro atoms.